The highest BCUT2D eigenvalue weighted by Gasteiger charge is 2.09. The van der Waals surface area contributed by atoms with Crippen LogP contribution < -0.4 is 14.8 Å². The number of nitrogens with one attached hydrogen (secondary N) is 2. The van der Waals surface area contributed by atoms with Gasteiger partial charge in [0.2, 0.25) is 0 Å². The smallest absolute Gasteiger partial charge is 0.127 e. The number of para-hydroxylation sites is 1. The van der Waals surface area contributed by atoms with E-state index in [1.807, 2.05) is 48.5 Å². The minimum atomic E-state index is 0.802. The molecule has 29 heavy (non-hydrogen) atoms. The quantitative estimate of drug-likeness (QED) is 0.387. The number of hydrogen-bond acceptors (Lipinski definition) is 3. The standard InChI is InChI=1S/C25H26N2O2/c1-18-23(24-16-21(28-2)11-12-25(24)27-18)13-14-26-17-19-7-6-10-22(15-19)29-20-8-4-3-5-9-20/h3-12,15-16,26-27H,13-14,17H2,1-2H3. The van der Waals surface area contributed by atoms with Crippen LogP contribution in [0.15, 0.2) is 72.8 Å². The normalized spacial score (nSPS) is 11.0. The molecule has 0 fully saturated rings. The van der Waals surface area contributed by atoms with E-state index in [1.165, 1.54) is 22.2 Å². The van der Waals surface area contributed by atoms with Gasteiger partial charge < -0.3 is 19.8 Å². The van der Waals surface area contributed by atoms with Crippen LogP contribution in [0.5, 0.6) is 17.2 Å². The fraction of sp³-hybridized carbons (Fsp3) is 0.200. The molecule has 0 radical (unpaired) electrons. The third kappa shape index (κ3) is 4.61. The lowest BCUT2D eigenvalue weighted by Gasteiger charge is -2.09. The van der Waals surface area contributed by atoms with Crippen LogP contribution in [0.1, 0.15) is 16.8 Å². The van der Waals surface area contributed by atoms with E-state index < -0.39 is 0 Å². The average molecular weight is 386 g/mol. The van der Waals surface area contributed by atoms with Crippen LogP contribution in [0, 0.1) is 6.92 Å². The van der Waals surface area contributed by atoms with Crippen LogP contribution in [0.2, 0.25) is 0 Å². The van der Waals surface area contributed by atoms with E-state index in [1.54, 1.807) is 7.11 Å². The van der Waals surface area contributed by atoms with Crippen LogP contribution in [0.4, 0.5) is 0 Å². The van der Waals surface area contributed by atoms with E-state index in [-0.39, 0.29) is 0 Å². The molecule has 0 aliphatic rings. The van der Waals surface area contributed by atoms with Gasteiger partial charge in [-0.25, -0.2) is 0 Å². The first-order valence-electron chi connectivity index (χ1n) is 9.90. The minimum Gasteiger partial charge on any atom is -0.497 e. The maximum absolute atomic E-state index is 5.93. The second kappa shape index (κ2) is 8.84. The highest BCUT2D eigenvalue weighted by molar-refractivity contribution is 5.86. The van der Waals surface area contributed by atoms with Crippen molar-refractivity contribution >= 4 is 10.9 Å². The van der Waals surface area contributed by atoms with Crippen molar-refractivity contribution in [2.24, 2.45) is 0 Å². The van der Waals surface area contributed by atoms with Gasteiger partial charge in [0, 0.05) is 23.1 Å². The van der Waals surface area contributed by atoms with Crippen LogP contribution in [0.25, 0.3) is 10.9 Å². The van der Waals surface area contributed by atoms with Gasteiger partial charge in [0.25, 0.3) is 0 Å². The lowest BCUT2D eigenvalue weighted by molar-refractivity contribution is 0.415. The van der Waals surface area contributed by atoms with Gasteiger partial charge in [0.15, 0.2) is 0 Å². The summed E-state index contributed by atoms with van der Waals surface area (Å²) in [4.78, 5) is 3.47. The number of methoxy groups -OCH3 is 1. The largest absolute Gasteiger partial charge is 0.497 e. The van der Waals surface area contributed by atoms with E-state index >= 15 is 0 Å². The minimum absolute atomic E-state index is 0.802. The van der Waals surface area contributed by atoms with E-state index in [0.29, 0.717) is 0 Å². The molecule has 0 aliphatic heterocycles. The predicted octanol–water partition coefficient (Wildman–Crippen LogP) is 5.61. The maximum atomic E-state index is 5.93. The molecule has 0 spiro atoms. The average Bonchev–Trinajstić information content (AvgIpc) is 3.06. The zero-order valence-electron chi connectivity index (χ0n) is 16.9. The summed E-state index contributed by atoms with van der Waals surface area (Å²) in [6, 6.07) is 24.3. The van der Waals surface area contributed by atoms with E-state index in [2.05, 4.69) is 41.5 Å². The third-order valence-electron chi connectivity index (χ3n) is 5.08. The van der Waals surface area contributed by atoms with Gasteiger partial charge in [0.1, 0.15) is 17.2 Å². The second-order valence-corrected chi connectivity index (χ2v) is 7.13. The van der Waals surface area contributed by atoms with Crippen molar-refractivity contribution in [1.29, 1.82) is 0 Å². The van der Waals surface area contributed by atoms with Crippen LogP contribution >= 0.6 is 0 Å². The van der Waals surface area contributed by atoms with Crippen LogP contribution in [-0.4, -0.2) is 18.6 Å². The Labute approximate surface area is 171 Å². The Kier molecular flexibility index (Phi) is 5.82. The summed E-state index contributed by atoms with van der Waals surface area (Å²) in [6.07, 6.45) is 0.958. The number of rotatable bonds is 8. The van der Waals surface area contributed by atoms with Gasteiger partial charge in [-0.2, -0.15) is 0 Å². The molecule has 0 saturated carbocycles. The summed E-state index contributed by atoms with van der Waals surface area (Å²) in [7, 11) is 1.71. The molecule has 4 heteroatoms. The van der Waals surface area contributed by atoms with E-state index in [9.17, 15) is 0 Å². The number of aromatic nitrogens is 1. The SMILES string of the molecule is COc1ccc2[nH]c(C)c(CCNCc3cccc(Oc4ccccc4)c3)c2c1. The summed E-state index contributed by atoms with van der Waals surface area (Å²) in [5, 5.41) is 4.79. The Morgan fingerprint density at radius 3 is 2.52 bits per heavy atom. The first-order valence-corrected chi connectivity index (χ1v) is 9.90. The van der Waals surface area contributed by atoms with Gasteiger partial charge in [-0.1, -0.05) is 30.3 Å². The lowest BCUT2D eigenvalue weighted by Crippen LogP contribution is -2.16. The highest BCUT2D eigenvalue weighted by Crippen LogP contribution is 2.26. The molecule has 0 saturated heterocycles. The maximum Gasteiger partial charge on any atom is 0.127 e. The summed E-state index contributed by atoms with van der Waals surface area (Å²) in [5.41, 5.74) is 4.92. The van der Waals surface area contributed by atoms with Crippen molar-refractivity contribution in [3.63, 3.8) is 0 Å². The molecule has 4 aromatic rings. The molecule has 2 N–H and O–H groups in total. The van der Waals surface area contributed by atoms with Crippen molar-refractivity contribution in [1.82, 2.24) is 10.3 Å². The van der Waals surface area contributed by atoms with Crippen LogP contribution in [-0.2, 0) is 13.0 Å². The van der Waals surface area contributed by atoms with Crippen molar-refractivity contribution in [3.05, 3.63) is 89.6 Å². The number of aryl methyl sites for hydroxylation is 1. The zero-order chi connectivity index (χ0) is 20.1. The summed E-state index contributed by atoms with van der Waals surface area (Å²) in [6.45, 7) is 3.83. The van der Waals surface area contributed by atoms with Gasteiger partial charge in [-0.15, -0.1) is 0 Å². The molecule has 3 aromatic carbocycles. The number of fused-ring (bicyclic) bond motifs is 1. The topological polar surface area (TPSA) is 46.3 Å². The lowest BCUT2D eigenvalue weighted by atomic mass is 10.1. The molecule has 4 nitrogen and oxygen atoms in total. The zero-order valence-corrected chi connectivity index (χ0v) is 16.9. The third-order valence-corrected chi connectivity index (χ3v) is 5.08. The Hall–Kier alpha value is -3.24. The molecule has 4 rings (SSSR count). The fourth-order valence-electron chi connectivity index (χ4n) is 3.60. The monoisotopic (exact) mass is 386 g/mol. The molecular formula is C25H26N2O2. The van der Waals surface area contributed by atoms with Gasteiger partial charge >= 0.3 is 0 Å². The number of benzene rings is 3. The summed E-state index contributed by atoms with van der Waals surface area (Å²) >= 11 is 0. The second-order valence-electron chi connectivity index (χ2n) is 7.13. The van der Waals surface area contributed by atoms with Gasteiger partial charge in [-0.05, 0) is 73.5 Å². The van der Waals surface area contributed by atoms with E-state index in [0.717, 1.165) is 42.3 Å². The molecule has 0 unspecified atom stereocenters. The Morgan fingerprint density at radius 1 is 0.862 bits per heavy atom. The molecule has 1 aromatic heterocycles. The van der Waals surface area contributed by atoms with Crippen LogP contribution in [0.3, 0.4) is 0 Å². The highest BCUT2D eigenvalue weighted by atomic mass is 16.5. The number of aromatic amines is 1. The Morgan fingerprint density at radius 2 is 1.69 bits per heavy atom. The molecule has 0 bridgehead atoms. The molecule has 148 valence electrons. The Balaban J connectivity index is 1.36. The number of hydrogen-bond donors (Lipinski definition) is 2. The van der Waals surface area contributed by atoms with Gasteiger partial charge in [-0.3, -0.25) is 0 Å². The van der Waals surface area contributed by atoms with Crippen molar-refractivity contribution < 1.29 is 9.47 Å². The predicted molar refractivity (Wildman–Crippen MR) is 118 cm³/mol. The molecule has 1 heterocycles. The number of ether oxygens (including phenoxy) is 2. The number of H-pyrrole nitrogens is 1. The molecule has 0 amide bonds. The van der Waals surface area contributed by atoms with Crippen molar-refractivity contribution in [3.8, 4) is 17.2 Å². The summed E-state index contributed by atoms with van der Waals surface area (Å²) < 4.78 is 11.3. The molecular weight excluding hydrogens is 360 g/mol. The summed E-state index contributed by atoms with van der Waals surface area (Å²) in [5.74, 6) is 2.60. The van der Waals surface area contributed by atoms with Gasteiger partial charge in [0.05, 0.1) is 7.11 Å². The first-order chi connectivity index (χ1) is 14.2. The fourth-order valence-corrected chi connectivity index (χ4v) is 3.60. The molecule has 0 aliphatic carbocycles. The van der Waals surface area contributed by atoms with Crippen molar-refractivity contribution in [2.45, 2.75) is 19.9 Å². The van der Waals surface area contributed by atoms with E-state index in [4.69, 9.17) is 9.47 Å². The first kappa shape index (κ1) is 19.1. The Bertz CT molecular complexity index is 1090. The molecule has 0 atom stereocenters. The van der Waals surface area contributed by atoms with Crippen molar-refractivity contribution in [2.75, 3.05) is 13.7 Å².